The molecule has 3 heteroatoms. The third-order valence-electron chi connectivity index (χ3n) is 3.46. The number of alkyl halides is 1. The van der Waals surface area contributed by atoms with Crippen molar-refractivity contribution in [2.45, 2.75) is 37.9 Å². The SMILES string of the molecule is COc1c(C)cc(Br)c(C)c1C(Br)CC1CC1. The molecule has 1 aromatic carbocycles. The van der Waals surface area contributed by atoms with Gasteiger partial charge in [-0.15, -0.1) is 0 Å². The lowest BCUT2D eigenvalue weighted by Gasteiger charge is -2.20. The van der Waals surface area contributed by atoms with Gasteiger partial charge >= 0.3 is 0 Å². The third kappa shape index (κ3) is 2.87. The molecule has 0 heterocycles. The van der Waals surface area contributed by atoms with E-state index in [1.807, 2.05) is 0 Å². The molecule has 1 fully saturated rings. The zero-order valence-corrected chi connectivity index (χ0v) is 13.7. The number of halogens is 2. The highest BCUT2D eigenvalue weighted by atomic mass is 79.9. The van der Waals surface area contributed by atoms with E-state index in [0.717, 1.165) is 11.7 Å². The summed E-state index contributed by atoms with van der Waals surface area (Å²) in [4.78, 5) is 0.404. The van der Waals surface area contributed by atoms with E-state index in [-0.39, 0.29) is 0 Å². The van der Waals surface area contributed by atoms with Crippen LogP contribution in [-0.2, 0) is 0 Å². The fraction of sp³-hybridized carbons (Fsp3) is 0.571. The first-order valence-electron chi connectivity index (χ1n) is 6.02. The molecule has 0 N–H and O–H groups in total. The Bertz CT molecular complexity index is 425. The van der Waals surface area contributed by atoms with Crippen LogP contribution in [0.2, 0.25) is 0 Å². The molecule has 0 aliphatic heterocycles. The molecular weight excluding hydrogens is 344 g/mol. The van der Waals surface area contributed by atoms with Crippen LogP contribution >= 0.6 is 31.9 Å². The molecule has 1 saturated carbocycles. The lowest BCUT2D eigenvalue weighted by molar-refractivity contribution is 0.404. The van der Waals surface area contributed by atoms with Crippen LogP contribution in [0.15, 0.2) is 10.5 Å². The molecule has 1 aliphatic carbocycles. The van der Waals surface area contributed by atoms with Gasteiger partial charge in [0.05, 0.1) is 7.11 Å². The minimum absolute atomic E-state index is 0.404. The van der Waals surface area contributed by atoms with Gasteiger partial charge in [0.25, 0.3) is 0 Å². The van der Waals surface area contributed by atoms with Crippen molar-refractivity contribution in [1.29, 1.82) is 0 Å². The molecule has 1 aromatic rings. The number of benzene rings is 1. The van der Waals surface area contributed by atoms with Crippen LogP contribution in [0.1, 0.15) is 40.8 Å². The van der Waals surface area contributed by atoms with Gasteiger partial charge in [-0.05, 0) is 43.4 Å². The van der Waals surface area contributed by atoms with E-state index in [2.05, 4.69) is 51.8 Å². The van der Waals surface area contributed by atoms with E-state index in [4.69, 9.17) is 4.74 Å². The monoisotopic (exact) mass is 360 g/mol. The van der Waals surface area contributed by atoms with Gasteiger partial charge in [-0.25, -0.2) is 0 Å². The van der Waals surface area contributed by atoms with Crippen molar-refractivity contribution in [2.24, 2.45) is 5.92 Å². The van der Waals surface area contributed by atoms with Gasteiger partial charge in [0.1, 0.15) is 5.75 Å². The Hall–Kier alpha value is -0.0200. The molecule has 94 valence electrons. The first-order chi connectivity index (χ1) is 8.04. The van der Waals surface area contributed by atoms with E-state index < -0.39 is 0 Å². The zero-order chi connectivity index (χ0) is 12.6. The molecule has 2 rings (SSSR count). The number of methoxy groups -OCH3 is 1. The first-order valence-corrected chi connectivity index (χ1v) is 7.73. The fourth-order valence-corrected chi connectivity index (χ4v) is 3.92. The van der Waals surface area contributed by atoms with E-state index in [1.165, 1.54) is 40.4 Å². The Morgan fingerprint density at radius 3 is 2.59 bits per heavy atom. The van der Waals surface area contributed by atoms with Gasteiger partial charge in [0, 0.05) is 14.9 Å². The Morgan fingerprint density at radius 2 is 2.06 bits per heavy atom. The Labute approximate surface area is 120 Å². The molecule has 0 saturated heterocycles. The van der Waals surface area contributed by atoms with Crippen LogP contribution in [0.3, 0.4) is 0 Å². The molecule has 0 amide bonds. The van der Waals surface area contributed by atoms with E-state index in [9.17, 15) is 0 Å². The summed E-state index contributed by atoms with van der Waals surface area (Å²) >= 11 is 7.47. The molecule has 0 aromatic heterocycles. The molecule has 1 unspecified atom stereocenters. The Balaban J connectivity index is 2.40. The van der Waals surface area contributed by atoms with Gasteiger partial charge in [-0.1, -0.05) is 44.7 Å². The van der Waals surface area contributed by atoms with Gasteiger partial charge in [-0.3, -0.25) is 0 Å². The maximum atomic E-state index is 5.58. The van der Waals surface area contributed by atoms with Crippen LogP contribution in [0.4, 0.5) is 0 Å². The van der Waals surface area contributed by atoms with Crippen LogP contribution in [-0.4, -0.2) is 7.11 Å². The van der Waals surface area contributed by atoms with Crippen molar-refractivity contribution >= 4 is 31.9 Å². The van der Waals surface area contributed by atoms with Crippen LogP contribution < -0.4 is 4.74 Å². The first kappa shape index (κ1) is 13.4. The molecule has 1 nitrogen and oxygen atoms in total. The standard InChI is InChI=1S/C14H18Br2O/c1-8-6-11(15)9(2)13(14(8)17-3)12(16)7-10-4-5-10/h6,10,12H,4-5,7H2,1-3H3. The third-order valence-corrected chi connectivity index (χ3v) is 5.12. The summed E-state index contributed by atoms with van der Waals surface area (Å²) < 4.78 is 6.76. The predicted molar refractivity (Wildman–Crippen MR) is 79.2 cm³/mol. The van der Waals surface area contributed by atoms with Crippen LogP contribution in [0, 0.1) is 19.8 Å². The summed E-state index contributed by atoms with van der Waals surface area (Å²) in [6.07, 6.45) is 3.99. The highest BCUT2D eigenvalue weighted by molar-refractivity contribution is 9.10. The maximum Gasteiger partial charge on any atom is 0.126 e. The lowest BCUT2D eigenvalue weighted by Crippen LogP contribution is -2.02. The van der Waals surface area contributed by atoms with Gasteiger partial charge < -0.3 is 4.74 Å². The maximum absolute atomic E-state index is 5.58. The quantitative estimate of drug-likeness (QED) is 0.660. The van der Waals surface area contributed by atoms with Gasteiger partial charge in [0.2, 0.25) is 0 Å². The van der Waals surface area contributed by atoms with E-state index in [0.29, 0.717) is 4.83 Å². The van der Waals surface area contributed by atoms with Crippen molar-refractivity contribution in [2.75, 3.05) is 7.11 Å². The second kappa shape index (κ2) is 5.31. The minimum atomic E-state index is 0.404. The molecular formula is C14H18Br2O. The largest absolute Gasteiger partial charge is 0.496 e. The second-order valence-corrected chi connectivity index (χ2v) is 6.85. The number of ether oxygens (including phenoxy) is 1. The Morgan fingerprint density at radius 1 is 1.41 bits per heavy atom. The van der Waals surface area contributed by atoms with Crippen molar-refractivity contribution in [3.8, 4) is 5.75 Å². The number of hydrogen-bond donors (Lipinski definition) is 0. The lowest BCUT2D eigenvalue weighted by atomic mass is 9.98. The molecule has 0 radical (unpaired) electrons. The normalized spacial score (nSPS) is 17.0. The van der Waals surface area contributed by atoms with Gasteiger partial charge in [-0.2, -0.15) is 0 Å². The molecule has 0 spiro atoms. The molecule has 1 atom stereocenters. The molecule has 1 aliphatic rings. The summed E-state index contributed by atoms with van der Waals surface area (Å²) in [5, 5.41) is 0. The average molecular weight is 362 g/mol. The summed E-state index contributed by atoms with van der Waals surface area (Å²) in [5.41, 5.74) is 3.79. The second-order valence-electron chi connectivity index (χ2n) is 4.89. The summed E-state index contributed by atoms with van der Waals surface area (Å²) in [5.74, 6) is 1.94. The highest BCUT2D eigenvalue weighted by Gasteiger charge is 2.28. The van der Waals surface area contributed by atoms with Crippen LogP contribution in [0.5, 0.6) is 5.75 Å². The van der Waals surface area contributed by atoms with E-state index in [1.54, 1.807) is 7.11 Å². The van der Waals surface area contributed by atoms with Crippen molar-refractivity contribution in [1.82, 2.24) is 0 Å². The summed E-state index contributed by atoms with van der Waals surface area (Å²) in [6, 6.07) is 2.13. The van der Waals surface area contributed by atoms with Crippen molar-refractivity contribution < 1.29 is 4.74 Å². The zero-order valence-electron chi connectivity index (χ0n) is 10.5. The van der Waals surface area contributed by atoms with Gasteiger partial charge in [0.15, 0.2) is 0 Å². The fourth-order valence-electron chi connectivity index (χ4n) is 2.29. The smallest absolute Gasteiger partial charge is 0.126 e. The minimum Gasteiger partial charge on any atom is -0.496 e. The predicted octanol–water partition coefficient (Wildman–Crippen LogP) is 5.31. The molecule has 17 heavy (non-hydrogen) atoms. The van der Waals surface area contributed by atoms with Crippen molar-refractivity contribution in [3.63, 3.8) is 0 Å². The summed E-state index contributed by atoms with van der Waals surface area (Å²) in [6.45, 7) is 4.26. The highest BCUT2D eigenvalue weighted by Crippen LogP contribution is 2.46. The number of aryl methyl sites for hydroxylation is 1. The number of rotatable bonds is 4. The van der Waals surface area contributed by atoms with Crippen molar-refractivity contribution in [3.05, 3.63) is 27.2 Å². The average Bonchev–Trinajstić information content (AvgIpc) is 3.06. The Kier molecular flexibility index (Phi) is 4.19. The topological polar surface area (TPSA) is 9.23 Å². The summed E-state index contributed by atoms with van der Waals surface area (Å²) in [7, 11) is 1.76. The van der Waals surface area contributed by atoms with Crippen LogP contribution in [0.25, 0.3) is 0 Å². The molecule has 0 bridgehead atoms. The van der Waals surface area contributed by atoms with E-state index >= 15 is 0 Å². The number of hydrogen-bond acceptors (Lipinski definition) is 1.